The maximum atomic E-state index is 13.3. The van der Waals surface area contributed by atoms with Crippen molar-refractivity contribution >= 4 is 17.7 Å². The highest BCUT2D eigenvalue weighted by atomic mass is 16.2. The molecule has 178 valence electrons. The summed E-state index contributed by atoms with van der Waals surface area (Å²) >= 11 is 0. The number of carbonyl (C=O) groups excluding carboxylic acids is 3. The molecule has 1 N–H and O–H groups in total. The van der Waals surface area contributed by atoms with Crippen molar-refractivity contribution in [2.45, 2.75) is 97.2 Å². The van der Waals surface area contributed by atoms with Crippen LogP contribution in [-0.2, 0) is 14.4 Å². The zero-order chi connectivity index (χ0) is 23.2. The Morgan fingerprint density at radius 1 is 1.03 bits per heavy atom. The summed E-state index contributed by atoms with van der Waals surface area (Å²) in [6, 6.07) is -0.797. The van der Waals surface area contributed by atoms with E-state index in [2.05, 4.69) is 51.9 Å². The van der Waals surface area contributed by atoms with Gasteiger partial charge in [-0.1, -0.05) is 13.8 Å². The van der Waals surface area contributed by atoms with E-state index >= 15 is 0 Å². The zero-order valence-electron chi connectivity index (χ0n) is 20.6. The maximum absolute atomic E-state index is 13.3. The second-order valence-corrected chi connectivity index (χ2v) is 10.6. The molecule has 2 aliphatic heterocycles. The van der Waals surface area contributed by atoms with Gasteiger partial charge in [0.05, 0.1) is 0 Å². The Bertz CT molecular complexity index is 629. The van der Waals surface area contributed by atoms with Crippen molar-refractivity contribution in [1.82, 2.24) is 20.0 Å². The Labute approximate surface area is 188 Å². The topological polar surface area (TPSA) is 73.0 Å². The van der Waals surface area contributed by atoms with Gasteiger partial charge in [0.25, 0.3) is 0 Å². The lowest BCUT2D eigenvalue weighted by atomic mass is 10.1. The second kappa shape index (κ2) is 11.3. The number of amides is 3. The number of likely N-dealkylation sites (tertiary alicyclic amines) is 2. The number of carbonyl (C=O) groups is 3. The van der Waals surface area contributed by atoms with Gasteiger partial charge < -0.3 is 20.0 Å². The molecule has 2 unspecified atom stereocenters. The van der Waals surface area contributed by atoms with Crippen LogP contribution in [0, 0.1) is 5.92 Å². The van der Waals surface area contributed by atoms with Gasteiger partial charge >= 0.3 is 0 Å². The molecule has 0 radical (unpaired) electrons. The molecule has 0 aromatic heterocycles. The fourth-order valence-electron chi connectivity index (χ4n) is 4.36. The highest BCUT2D eigenvalue weighted by Crippen LogP contribution is 2.26. The third kappa shape index (κ3) is 7.19. The molecule has 0 aromatic rings. The lowest BCUT2D eigenvalue weighted by Gasteiger charge is -2.33. The molecule has 2 rings (SSSR count). The standard InChI is InChI=1S/C24H44N4O3/c1-18(2)13-14-25-22(30)19-10-7-17-28(19)23(31)20-11-8-16-27(20)21(29)12-9-15-26(6)24(3,4)5/h18-20H,7-17H2,1-6H3,(H,25,30). The van der Waals surface area contributed by atoms with Crippen LogP contribution in [0.1, 0.15) is 79.6 Å². The molecule has 2 heterocycles. The first-order chi connectivity index (χ1) is 14.5. The minimum Gasteiger partial charge on any atom is -0.354 e. The average molecular weight is 437 g/mol. The van der Waals surface area contributed by atoms with Crippen LogP contribution in [0.3, 0.4) is 0 Å². The molecule has 2 aliphatic rings. The SMILES string of the molecule is CC(C)CCNC(=O)C1CCCN1C(=O)C1CCCN1C(=O)CCCN(C)C(C)(C)C. The molecule has 0 bridgehead atoms. The molecular formula is C24H44N4O3. The number of hydrogen-bond donors (Lipinski definition) is 1. The number of rotatable bonds is 9. The van der Waals surface area contributed by atoms with Crippen molar-refractivity contribution in [2.24, 2.45) is 5.92 Å². The molecule has 3 amide bonds. The Morgan fingerprint density at radius 3 is 2.26 bits per heavy atom. The number of hydrogen-bond acceptors (Lipinski definition) is 4. The predicted octanol–water partition coefficient (Wildman–Crippen LogP) is 2.64. The van der Waals surface area contributed by atoms with E-state index in [1.54, 1.807) is 9.80 Å². The lowest BCUT2D eigenvalue weighted by Crippen LogP contribution is -2.53. The van der Waals surface area contributed by atoms with E-state index in [1.807, 2.05) is 0 Å². The van der Waals surface area contributed by atoms with E-state index in [-0.39, 0.29) is 23.3 Å². The fourth-order valence-corrected chi connectivity index (χ4v) is 4.36. The van der Waals surface area contributed by atoms with Crippen LogP contribution in [0.2, 0.25) is 0 Å². The Morgan fingerprint density at radius 2 is 1.65 bits per heavy atom. The summed E-state index contributed by atoms with van der Waals surface area (Å²) in [5, 5.41) is 3.00. The Hall–Kier alpha value is -1.63. The van der Waals surface area contributed by atoms with Crippen LogP contribution in [0.4, 0.5) is 0 Å². The van der Waals surface area contributed by atoms with E-state index in [0.717, 1.165) is 32.2 Å². The molecule has 2 fully saturated rings. The van der Waals surface area contributed by atoms with Gasteiger partial charge in [-0.15, -0.1) is 0 Å². The van der Waals surface area contributed by atoms with Gasteiger partial charge in [-0.2, -0.15) is 0 Å². The molecule has 31 heavy (non-hydrogen) atoms. The average Bonchev–Trinajstić information content (AvgIpc) is 3.35. The monoisotopic (exact) mass is 436 g/mol. The van der Waals surface area contributed by atoms with E-state index < -0.39 is 12.1 Å². The zero-order valence-corrected chi connectivity index (χ0v) is 20.6. The van der Waals surface area contributed by atoms with E-state index in [9.17, 15) is 14.4 Å². The van der Waals surface area contributed by atoms with Crippen LogP contribution in [0.25, 0.3) is 0 Å². The van der Waals surface area contributed by atoms with Crippen molar-refractivity contribution in [3.05, 3.63) is 0 Å². The minimum absolute atomic E-state index is 0.0424. The smallest absolute Gasteiger partial charge is 0.246 e. The van der Waals surface area contributed by atoms with Gasteiger partial charge in [-0.3, -0.25) is 14.4 Å². The highest BCUT2D eigenvalue weighted by molar-refractivity contribution is 5.92. The van der Waals surface area contributed by atoms with Gasteiger partial charge in [-0.05, 0) is 78.8 Å². The number of nitrogens with zero attached hydrogens (tertiary/aromatic N) is 3. The summed E-state index contributed by atoms with van der Waals surface area (Å²) in [5.74, 6) is 0.505. The third-order valence-corrected chi connectivity index (χ3v) is 6.75. The largest absolute Gasteiger partial charge is 0.354 e. The summed E-state index contributed by atoms with van der Waals surface area (Å²) in [6.07, 6.45) is 5.28. The Kier molecular flexibility index (Phi) is 9.34. The normalized spacial score (nSPS) is 21.9. The number of nitrogens with one attached hydrogen (secondary N) is 1. The van der Waals surface area contributed by atoms with Gasteiger partial charge in [0, 0.05) is 31.6 Å². The van der Waals surface area contributed by atoms with Gasteiger partial charge in [0.2, 0.25) is 17.7 Å². The van der Waals surface area contributed by atoms with Gasteiger partial charge in [0.1, 0.15) is 12.1 Å². The first kappa shape index (κ1) is 25.6. The van der Waals surface area contributed by atoms with Crippen molar-refractivity contribution in [2.75, 3.05) is 33.2 Å². The fraction of sp³-hybridized carbons (Fsp3) is 0.875. The molecule has 0 aliphatic carbocycles. The maximum Gasteiger partial charge on any atom is 0.246 e. The van der Waals surface area contributed by atoms with Crippen molar-refractivity contribution in [1.29, 1.82) is 0 Å². The van der Waals surface area contributed by atoms with Crippen LogP contribution in [0.15, 0.2) is 0 Å². The summed E-state index contributed by atoms with van der Waals surface area (Å²) in [4.78, 5) is 44.6. The second-order valence-electron chi connectivity index (χ2n) is 10.6. The summed E-state index contributed by atoms with van der Waals surface area (Å²) in [6.45, 7) is 13.5. The van der Waals surface area contributed by atoms with E-state index in [1.165, 1.54) is 0 Å². The minimum atomic E-state index is -0.406. The van der Waals surface area contributed by atoms with Crippen LogP contribution in [0.5, 0.6) is 0 Å². The van der Waals surface area contributed by atoms with Crippen molar-refractivity contribution in [3.63, 3.8) is 0 Å². The van der Waals surface area contributed by atoms with Crippen LogP contribution in [-0.4, -0.2) is 83.3 Å². The predicted molar refractivity (Wildman–Crippen MR) is 124 cm³/mol. The molecule has 2 atom stereocenters. The molecule has 0 saturated carbocycles. The molecule has 0 spiro atoms. The third-order valence-electron chi connectivity index (χ3n) is 6.75. The van der Waals surface area contributed by atoms with Crippen molar-refractivity contribution < 1.29 is 14.4 Å². The molecule has 0 aromatic carbocycles. The van der Waals surface area contributed by atoms with E-state index in [0.29, 0.717) is 44.8 Å². The van der Waals surface area contributed by atoms with Crippen molar-refractivity contribution in [3.8, 4) is 0 Å². The van der Waals surface area contributed by atoms with Gasteiger partial charge in [0.15, 0.2) is 0 Å². The molecule has 7 nitrogen and oxygen atoms in total. The van der Waals surface area contributed by atoms with Crippen LogP contribution < -0.4 is 5.32 Å². The first-order valence-corrected chi connectivity index (χ1v) is 12.1. The summed E-state index contributed by atoms with van der Waals surface area (Å²) < 4.78 is 0. The quantitative estimate of drug-likeness (QED) is 0.603. The first-order valence-electron chi connectivity index (χ1n) is 12.1. The Balaban J connectivity index is 1.90. The molecule has 2 saturated heterocycles. The molecular weight excluding hydrogens is 392 g/mol. The van der Waals surface area contributed by atoms with Crippen LogP contribution >= 0.6 is 0 Å². The van der Waals surface area contributed by atoms with Gasteiger partial charge in [-0.25, -0.2) is 0 Å². The lowest BCUT2D eigenvalue weighted by molar-refractivity contribution is -0.146. The molecule has 7 heteroatoms. The summed E-state index contributed by atoms with van der Waals surface area (Å²) in [5.41, 5.74) is 0.0791. The summed E-state index contributed by atoms with van der Waals surface area (Å²) in [7, 11) is 2.08. The highest BCUT2D eigenvalue weighted by Gasteiger charge is 2.41. The van der Waals surface area contributed by atoms with E-state index in [4.69, 9.17) is 0 Å².